The Hall–Kier alpha value is -2.95. The number of amides is 1. The molecule has 2 heterocycles. The Morgan fingerprint density at radius 3 is 2.00 bits per heavy atom. The molecule has 182 valence electrons. The van der Waals surface area contributed by atoms with E-state index in [9.17, 15) is 4.79 Å². The number of rotatable bonds is 6. The zero-order valence-corrected chi connectivity index (χ0v) is 20.6. The number of benzene rings is 3. The van der Waals surface area contributed by atoms with Crippen LogP contribution in [0, 0.1) is 0 Å². The molecule has 0 radical (unpaired) electrons. The van der Waals surface area contributed by atoms with E-state index in [1.165, 1.54) is 5.56 Å². The van der Waals surface area contributed by atoms with E-state index in [2.05, 4.69) is 71.7 Å². The maximum absolute atomic E-state index is 14.4. The smallest absolute Gasteiger partial charge is 0.234 e. The van der Waals surface area contributed by atoms with Gasteiger partial charge in [0.15, 0.2) is 0 Å². The molecule has 0 aliphatic carbocycles. The first kappa shape index (κ1) is 23.8. The Kier molecular flexibility index (Phi) is 7.31. The number of likely N-dealkylation sites (N-methyl/N-ethyl adjacent to an activating group) is 1. The standard InChI is InChI=1S/C31H36N2O2/c1-2-33(30(34)29(25-14-8-4-9-15-25)26-16-10-5-11-17-26)27-22-28(24-12-6-3-7-13-24)35-31(23-27)18-20-32-21-19-31/h3-17,27-29,32H,2,18-23H2,1H3/t27-,28+/m1/s1. The molecule has 1 N–H and O–H groups in total. The third-order valence-electron chi connectivity index (χ3n) is 7.75. The van der Waals surface area contributed by atoms with Crippen LogP contribution >= 0.6 is 0 Å². The van der Waals surface area contributed by atoms with Gasteiger partial charge in [0.1, 0.15) is 0 Å². The van der Waals surface area contributed by atoms with Crippen LogP contribution in [0.1, 0.15) is 61.3 Å². The van der Waals surface area contributed by atoms with Gasteiger partial charge in [-0.3, -0.25) is 4.79 Å². The maximum Gasteiger partial charge on any atom is 0.234 e. The van der Waals surface area contributed by atoms with Crippen LogP contribution in [0.25, 0.3) is 0 Å². The predicted molar refractivity (Wildman–Crippen MR) is 140 cm³/mol. The summed E-state index contributed by atoms with van der Waals surface area (Å²) in [6.45, 7) is 4.73. The van der Waals surface area contributed by atoms with Crippen LogP contribution in [-0.4, -0.2) is 42.1 Å². The highest BCUT2D eigenvalue weighted by Gasteiger charge is 2.45. The van der Waals surface area contributed by atoms with Gasteiger partial charge < -0.3 is 15.0 Å². The molecule has 35 heavy (non-hydrogen) atoms. The van der Waals surface area contributed by atoms with Crippen LogP contribution in [0.3, 0.4) is 0 Å². The summed E-state index contributed by atoms with van der Waals surface area (Å²) in [5.74, 6) is -0.118. The molecule has 2 aliphatic rings. The van der Waals surface area contributed by atoms with Crippen LogP contribution in [-0.2, 0) is 9.53 Å². The van der Waals surface area contributed by atoms with Crippen molar-refractivity contribution in [2.45, 2.75) is 56.3 Å². The van der Waals surface area contributed by atoms with Crippen molar-refractivity contribution in [3.63, 3.8) is 0 Å². The fraction of sp³-hybridized carbons (Fsp3) is 0.387. The topological polar surface area (TPSA) is 41.6 Å². The number of ether oxygens (including phenoxy) is 1. The van der Waals surface area contributed by atoms with Gasteiger partial charge in [-0.2, -0.15) is 0 Å². The van der Waals surface area contributed by atoms with Crippen molar-refractivity contribution < 1.29 is 9.53 Å². The van der Waals surface area contributed by atoms with Crippen LogP contribution < -0.4 is 5.32 Å². The minimum atomic E-state index is -0.306. The van der Waals surface area contributed by atoms with Gasteiger partial charge >= 0.3 is 0 Å². The van der Waals surface area contributed by atoms with E-state index in [0.717, 1.165) is 49.9 Å². The Morgan fingerprint density at radius 2 is 1.46 bits per heavy atom. The normalized spacial score (nSPS) is 21.7. The second-order valence-electron chi connectivity index (χ2n) is 9.92. The largest absolute Gasteiger partial charge is 0.367 e. The van der Waals surface area contributed by atoms with Crippen LogP contribution in [0.2, 0.25) is 0 Å². The van der Waals surface area contributed by atoms with Gasteiger partial charge in [-0.05, 0) is 62.4 Å². The van der Waals surface area contributed by atoms with Crippen molar-refractivity contribution in [3.05, 3.63) is 108 Å². The van der Waals surface area contributed by atoms with E-state index in [0.29, 0.717) is 6.54 Å². The van der Waals surface area contributed by atoms with Crippen LogP contribution in [0.4, 0.5) is 0 Å². The zero-order chi connectivity index (χ0) is 24.1. The second kappa shape index (κ2) is 10.8. The quantitative estimate of drug-likeness (QED) is 0.504. The highest BCUT2D eigenvalue weighted by atomic mass is 16.5. The van der Waals surface area contributed by atoms with Crippen molar-refractivity contribution in [1.29, 1.82) is 0 Å². The Morgan fingerprint density at radius 1 is 0.914 bits per heavy atom. The lowest BCUT2D eigenvalue weighted by atomic mass is 9.79. The molecule has 2 aliphatic heterocycles. The van der Waals surface area contributed by atoms with Gasteiger partial charge in [0.25, 0.3) is 0 Å². The fourth-order valence-corrected chi connectivity index (χ4v) is 6.00. The van der Waals surface area contributed by atoms with Crippen LogP contribution in [0.5, 0.6) is 0 Å². The molecular formula is C31H36N2O2. The molecule has 2 fully saturated rings. The summed E-state index contributed by atoms with van der Waals surface area (Å²) in [6, 6.07) is 31.1. The molecule has 0 bridgehead atoms. The predicted octanol–water partition coefficient (Wildman–Crippen LogP) is 5.71. The molecule has 4 nitrogen and oxygen atoms in total. The summed E-state index contributed by atoms with van der Waals surface area (Å²) in [5.41, 5.74) is 3.12. The summed E-state index contributed by atoms with van der Waals surface area (Å²) < 4.78 is 6.86. The SMILES string of the molecule is CCN(C(=O)C(c1ccccc1)c1ccccc1)[C@@H]1C[C@@H](c2ccccc2)OC2(CCNCC2)C1. The van der Waals surface area contributed by atoms with Gasteiger partial charge in [0, 0.05) is 12.6 Å². The van der Waals surface area contributed by atoms with Crippen molar-refractivity contribution in [2.24, 2.45) is 0 Å². The van der Waals surface area contributed by atoms with Gasteiger partial charge in [-0.1, -0.05) is 91.0 Å². The summed E-state index contributed by atoms with van der Waals surface area (Å²) >= 11 is 0. The fourth-order valence-electron chi connectivity index (χ4n) is 6.00. The molecule has 1 spiro atoms. The average Bonchev–Trinajstić information content (AvgIpc) is 2.91. The maximum atomic E-state index is 14.4. The minimum Gasteiger partial charge on any atom is -0.367 e. The lowest BCUT2D eigenvalue weighted by molar-refractivity contribution is -0.171. The first-order valence-corrected chi connectivity index (χ1v) is 13.0. The highest BCUT2D eigenvalue weighted by molar-refractivity contribution is 5.87. The molecule has 3 aromatic rings. The third-order valence-corrected chi connectivity index (χ3v) is 7.75. The number of nitrogens with zero attached hydrogens (tertiary/aromatic N) is 1. The summed E-state index contributed by atoms with van der Waals surface area (Å²) in [6.07, 6.45) is 3.70. The summed E-state index contributed by atoms with van der Waals surface area (Å²) in [5, 5.41) is 3.49. The Labute approximate surface area is 209 Å². The highest BCUT2D eigenvalue weighted by Crippen LogP contribution is 2.44. The van der Waals surface area contributed by atoms with E-state index < -0.39 is 0 Å². The molecule has 4 heteroatoms. The summed E-state index contributed by atoms with van der Waals surface area (Å²) in [4.78, 5) is 16.5. The number of nitrogens with one attached hydrogen (secondary N) is 1. The monoisotopic (exact) mass is 468 g/mol. The van der Waals surface area contributed by atoms with Gasteiger partial charge in [0.05, 0.1) is 17.6 Å². The molecule has 1 amide bonds. The number of carbonyl (C=O) groups excluding carboxylic acids is 1. The number of piperidine rings is 1. The van der Waals surface area contributed by atoms with Crippen molar-refractivity contribution in [1.82, 2.24) is 10.2 Å². The summed E-state index contributed by atoms with van der Waals surface area (Å²) in [7, 11) is 0. The first-order chi connectivity index (χ1) is 17.2. The molecule has 0 saturated carbocycles. The van der Waals surface area contributed by atoms with Crippen LogP contribution in [0.15, 0.2) is 91.0 Å². The Balaban J connectivity index is 1.49. The van der Waals surface area contributed by atoms with E-state index in [1.807, 2.05) is 36.4 Å². The second-order valence-corrected chi connectivity index (χ2v) is 9.92. The number of hydrogen-bond acceptors (Lipinski definition) is 3. The van der Waals surface area contributed by atoms with Crippen molar-refractivity contribution in [3.8, 4) is 0 Å². The minimum absolute atomic E-state index is 0.00167. The lowest BCUT2D eigenvalue weighted by Gasteiger charge is -2.50. The molecule has 3 aromatic carbocycles. The van der Waals surface area contributed by atoms with E-state index in [1.54, 1.807) is 0 Å². The molecule has 2 atom stereocenters. The lowest BCUT2D eigenvalue weighted by Crippen LogP contribution is -2.55. The van der Waals surface area contributed by atoms with E-state index >= 15 is 0 Å². The molecular weight excluding hydrogens is 432 g/mol. The average molecular weight is 469 g/mol. The Bertz CT molecular complexity index is 1040. The molecule has 0 aromatic heterocycles. The van der Waals surface area contributed by atoms with Gasteiger partial charge in [0.2, 0.25) is 5.91 Å². The first-order valence-electron chi connectivity index (χ1n) is 13.0. The van der Waals surface area contributed by atoms with Gasteiger partial charge in [-0.15, -0.1) is 0 Å². The molecule has 0 unspecified atom stereocenters. The van der Waals surface area contributed by atoms with E-state index in [-0.39, 0.29) is 29.6 Å². The number of hydrogen-bond donors (Lipinski definition) is 1. The zero-order valence-electron chi connectivity index (χ0n) is 20.6. The third kappa shape index (κ3) is 5.19. The molecule has 2 saturated heterocycles. The molecule has 5 rings (SSSR count). The number of carbonyl (C=O) groups is 1. The van der Waals surface area contributed by atoms with E-state index in [4.69, 9.17) is 4.74 Å². The van der Waals surface area contributed by atoms with Gasteiger partial charge in [-0.25, -0.2) is 0 Å². The van der Waals surface area contributed by atoms with Crippen molar-refractivity contribution in [2.75, 3.05) is 19.6 Å². The van der Waals surface area contributed by atoms with Crippen molar-refractivity contribution >= 4 is 5.91 Å².